The van der Waals surface area contributed by atoms with Crippen molar-refractivity contribution in [1.82, 2.24) is 9.71 Å². The van der Waals surface area contributed by atoms with Gasteiger partial charge >= 0.3 is 0 Å². The number of rotatable bonds is 5. The highest BCUT2D eigenvalue weighted by molar-refractivity contribution is 7.89. The maximum Gasteiger partial charge on any atom is 0.241 e. The summed E-state index contributed by atoms with van der Waals surface area (Å²) in [6.07, 6.45) is 1.68. The maximum atomic E-state index is 12.6. The fourth-order valence-corrected chi connectivity index (χ4v) is 4.32. The minimum absolute atomic E-state index is 0.147. The lowest BCUT2D eigenvalue weighted by Crippen LogP contribution is -2.24. The Balaban J connectivity index is 1.51. The lowest BCUT2D eigenvalue weighted by atomic mass is 10.2. The Labute approximate surface area is 155 Å². The Morgan fingerprint density at radius 1 is 1.08 bits per heavy atom. The second kappa shape index (κ2) is 7.06. The number of thiophene rings is 1. The number of nitrogens with one attached hydrogen (secondary N) is 1. The van der Waals surface area contributed by atoms with E-state index in [1.165, 1.54) is 12.1 Å². The first-order valence-electron chi connectivity index (χ1n) is 8.00. The maximum absolute atomic E-state index is 12.6. The second-order valence-corrected chi connectivity index (χ2v) is 8.37. The number of benzene rings is 1. The molecule has 1 N–H and O–H groups in total. The highest BCUT2D eigenvalue weighted by Crippen LogP contribution is 2.32. The number of ether oxygens (including phenoxy) is 2. The zero-order chi connectivity index (χ0) is 18.0. The van der Waals surface area contributed by atoms with E-state index < -0.39 is 10.0 Å². The van der Waals surface area contributed by atoms with Gasteiger partial charge in [-0.05, 0) is 41.3 Å². The number of pyridine rings is 1. The molecule has 0 aliphatic carbocycles. The van der Waals surface area contributed by atoms with Crippen LogP contribution in [0.15, 0.2) is 58.9 Å². The molecule has 3 heterocycles. The summed E-state index contributed by atoms with van der Waals surface area (Å²) in [5.74, 6) is 1.01. The Kier molecular flexibility index (Phi) is 4.62. The van der Waals surface area contributed by atoms with E-state index in [1.807, 2.05) is 23.6 Å². The van der Waals surface area contributed by atoms with Gasteiger partial charge in [0.25, 0.3) is 0 Å². The topological polar surface area (TPSA) is 77.5 Å². The largest absolute Gasteiger partial charge is 0.486 e. The van der Waals surface area contributed by atoms with E-state index >= 15 is 0 Å². The average molecular weight is 388 g/mol. The predicted octanol–water partition coefficient (Wildman–Crippen LogP) is 3.06. The van der Waals surface area contributed by atoms with Crippen molar-refractivity contribution in [3.8, 4) is 22.1 Å². The highest BCUT2D eigenvalue weighted by atomic mass is 32.2. The molecule has 8 heteroatoms. The van der Waals surface area contributed by atoms with Gasteiger partial charge in [-0.15, -0.1) is 11.3 Å². The summed E-state index contributed by atoms with van der Waals surface area (Å²) < 4.78 is 38.7. The van der Waals surface area contributed by atoms with Crippen LogP contribution in [0.25, 0.3) is 10.6 Å². The molecule has 26 heavy (non-hydrogen) atoms. The van der Waals surface area contributed by atoms with Gasteiger partial charge < -0.3 is 9.47 Å². The molecule has 0 fully saturated rings. The molecule has 0 unspecified atom stereocenters. The summed E-state index contributed by atoms with van der Waals surface area (Å²) in [7, 11) is -3.66. The van der Waals surface area contributed by atoms with Crippen LogP contribution in [-0.4, -0.2) is 26.6 Å². The molecule has 0 spiro atoms. The summed E-state index contributed by atoms with van der Waals surface area (Å²) >= 11 is 1.59. The first-order chi connectivity index (χ1) is 12.6. The molecule has 0 saturated carbocycles. The van der Waals surface area contributed by atoms with E-state index in [4.69, 9.17) is 9.47 Å². The van der Waals surface area contributed by atoms with Gasteiger partial charge in [0.05, 0.1) is 15.5 Å². The summed E-state index contributed by atoms with van der Waals surface area (Å²) in [5, 5.41) is 1.98. The van der Waals surface area contributed by atoms with Gasteiger partial charge in [-0.1, -0.05) is 6.07 Å². The summed E-state index contributed by atoms with van der Waals surface area (Å²) in [4.78, 5) is 5.53. The molecule has 134 valence electrons. The fourth-order valence-electron chi connectivity index (χ4n) is 2.60. The zero-order valence-corrected chi connectivity index (χ0v) is 15.3. The lowest BCUT2D eigenvalue weighted by molar-refractivity contribution is 0.171. The van der Waals surface area contributed by atoms with Crippen molar-refractivity contribution in [2.24, 2.45) is 0 Å². The van der Waals surface area contributed by atoms with Gasteiger partial charge in [-0.25, -0.2) is 13.1 Å². The van der Waals surface area contributed by atoms with Crippen molar-refractivity contribution in [3.05, 3.63) is 59.6 Å². The average Bonchev–Trinajstić information content (AvgIpc) is 3.21. The number of hydrogen-bond donors (Lipinski definition) is 1. The normalized spacial score (nSPS) is 13.5. The quantitative estimate of drug-likeness (QED) is 0.727. The fraction of sp³-hybridized carbons (Fsp3) is 0.167. The third-order valence-corrected chi connectivity index (χ3v) is 6.18. The van der Waals surface area contributed by atoms with Crippen LogP contribution in [0, 0.1) is 0 Å². The van der Waals surface area contributed by atoms with Gasteiger partial charge in [0, 0.05) is 18.8 Å². The first-order valence-corrected chi connectivity index (χ1v) is 10.4. The van der Waals surface area contributed by atoms with Crippen molar-refractivity contribution >= 4 is 21.4 Å². The Bertz CT molecular complexity index is 1020. The van der Waals surface area contributed by atoms with E-state index in [2.05, 4.69) is 9.71 Å². The molecule has 2 aromatic heterocycles. The summed E-state index contributed by atoms with van der Waals surface area (Å²) in [6.45, 7) is 1.05. The molecule has 1 aliphatic rings. The number of aromatic nitrogens is 1. The van der Waals surface area contributed by atoms with Crippen LogP contribution in [0.2, 0.25) is 0 Å². The smallest absolute Gasteiger partial charge is 0.241 e. The molecule has 1 aliphatic heterocycles. The van der Waals surface area contributed by atoms with Crippen LogP contribution >= 0.6 is 11.3 Å². The van der Waals surface area contributed by atoms with E-state index in [0.717, 1.165) is 16.1 Å². The Morgan fingerprint density at radius 3 is 2.73 bits per heavy atom. The lowest BCUT2D eigenvalue weighted by Gasteiger charge is -2.19. The summed E-state index contributed by atoms with van der Waals surface area (Å²) in [5.41, 5.74) is 1.67. The van der Waals surface area contributed by atoms with Crippen LogP contribution in [0.5, 0.6) is 11.5 Å². The SMILES string of the molecule is O=S(=O)(NCc1ccnc(-c2cccs2)c1)c1ccc2c(c1)OCCO2. The van der Waals surface area contributed by atoms with Gasteiger partial charge in [0.1, 0.15) is 13.2 Å². The Hall–Kier alpha value is -2.42. The molecule has 4 rings (SSSR count). The standard InChI is InChI=1S/C18H16N2O4S2/c21-26(22,14-3-4-16-17(11-14)24-8-7-23-16)20-12-13-5-6-19-15(10-13)18-2-1-9-25-18/h1-6,9-11,20H,7-8,12H2. The van der Waals surface area contributed by atoms with Crippen molar-refractivity contribution in [1.29, 1.82) is 0 Å². The molecular formula is C18H16N2O4S2. The van der Waals surface area contributed by atoms with Crippen LogP contribution in [-0.2, 0) is 16.6 Å². The van der Waals surface area contributed by atoms with Crippen molar-refractivity contribution in [2.45, 2.75) is 11.4 Å². The molecular weight excluding hydrogens is 372 g/mol. The minimum atomic E-state index is -3.66. The molecule has 1 aromatic carbocycles. The zero-order valence-electron chi connectivity index (χ0n) is 13.7. The third kappa shape index (κ3) is 3.57. The van der Waals surface area contributed by atoms with Crippen LogP contribution in [0.3, 0.4) is 0 Å². The molecule has 0 atom stereocenters. The van der Waals surface area contributed by atoms with Crippen molar-refractivity contribution < 1.29 is 17.9 Å². The molecule has 0 bridgehead atoms. The van der Waals surface area contributed by atoms with Crippen molar-refractivity contribution in [3.63, 3.8) is 0 Å². The number of fused-ring (bicyclic) bond motifs is 1. The van der Waals surface area contributed by atoms with Gasteiger partial charge in [0.15, 0.2) is 11.5 Å². The monoisotopic (exact) mass is 388 g/mol. The molecule has 0 amide bonds. The van der Waals surface area contributed by atoms with Gasteiger partial charge in [0.2, 0.25) is 10.0 Å². The van der Waals surface area contributed by atoms with E-state index in [-0.39, 0.29) is 11.4 Å². The number of sulfonamides is 1. The van der Waals surface area contributed by atoms with Crippen molar-refractivity contribution in [2.75, 3.05) is 13.2 Å². The molecule has 6 nitrogen and oxygen atoms in total. The van der Waals surface area contributed by atoms with Crippen LogP contribution in [0.4, 0.5) is 0 Å². The number of nitrogens with zero attached hydrogens (tertiary/aromatic N) is 1. The van der Waals surface area contributed by atoms with E-state index in [0.29, 0.717) is 24.7 Å². The second-order valence-electron chi connectivity index (χ2n) is 5.66. The first kappa shape index (κ1) is 17.0. The minimum Gasteiger partial charge on any atom is -0.486 e. The van der Waals surface area contributed by atoms with E-state index in [1.54, 1.807) is 29.7 Å². The Morgan fingerprint density at radius 2 is 1.92 bits per heavy atom. The van der Waals surface area contributed by atoms with Gasteiger partial charge in [-0.3, -0.25) is 4.98 Å². The highest BCUT2D eigenvalue weighted by Gasteiger charge is 2.19. The predicted molar refractivity (Wildman–Crippen MR) is 99.0 cm³/mol. The molecule has 3 aromatic rings. The number of hydrogen-bond acceptors (Lipinski definition) is 6. The molecule has 0 saturated heterocycles. The van der Waals surface area contributed by atoms with Gasteiger partial charge in [-0.2, -0.15) is 0 Å². The van der Waals surface area contributed by atoms with E-state index in [9.17, 15) is 8.42 Å². The van der Waals surface area contributed by atoms with Crippen LogP contribution in [0.1, 0.15) is 5.56 Å². The summed E-state index contributed by atoms with van der Waals surface area (Å²) in [6, 6.07) is 12.2. The van der Waals surface area contributed by atoms with Crippen LogP contribution < -0.4 is 14.2 Å². The molecule has 0 radical (unpaired) electrons. The third-order valence-electron chi connectivity index (χ3n) is 3.89.